The van der Waals surface area contributed by atoms with Crippen molar-refractivity contribution in [3.8, 4) is 5.69 Å². The molecule has 128 valence electrons. The lowest BCUT2D eigenvalue weighted by molar-refractivity contribution is 0.100. The van der Waals surface area contributed by atoms with Gasteiger partial charge in [-0.2, -0.15) is 9.67 Å². The van der Waals surface area contributed by atoms with Crippen molar-refractivity contribution < 1.29 is 4.79 Å². The number of aromatic nitrogens is 4. The first-order valence-electron chi connectivity index (χ1n) is 8.05. The Hall–Kier alpha value is -3.74. The van der Waals surface area contributed by atoms with Gasteiger partial charge in [0.1, 0.15) is 5.82 Å². The maximum absolute atomic E-state index is 12.6. The smallest absolute Gasteiger partial charge is 0.263 e. The fourth-order valence-electron chi connectivity index (χ4n) is 2.70. The molecule has 4 rings (SSSR count). The molecule has 1 N–H and O–H groups in total. The number of Topliss-reactive ketones (excluding diaryl/α,β-unsaturated/α-hetero) is 1. The third-order valence-electron chi connectivity index (χ3n) is 3.86. The minimum atomic E-state index is -0.374. The largest absolute Gasteiger partial charge is 0.340 e. The van der Waals surface area contributed by atoms with Gasteiger partial charge in [0, 0.05) is 18.7 Å². The van der Waals surface area contributed by atoms with Gasteiger partial charge in [0.2, 0.25) is 11.6 Å². The maximum atomic E-state index is 12.6. The van der Waals surface area contributed by atoms with E-state index in [4.69, 9.17) is 0 Å². The molecule has 7 heteroatoms. The molecule has 2 aromatic carbocycles. The molecule has 0 saturated carbocycles. The van der Waals surface area contributed by atoms with Gasteiger partial charge in [-0.15, -0.1) is 5.10 Å². The zero-order valence-corrected chi connectivity index (χ0v) is 14.0. The van der Waals surface area contributed by atoms with E-state index in [1.165, 1.54) is 22.1 Å². The average molecular weight is 345 g/mol. The highest BCUT2D eigenvalue weighted by Crippen LogP contribution is 2.16. The van der Waals surface area contributed by atoms with Crippen molar-refractivity contribution in [2.24, 2.45) is 0 Å². The normalized spacial score (nSPS) is 10.8. The van der Waals surface area contributed by atoms with Crippen molar-refractivity contribution in [3.05, 3.63) is 82.9 Å². The third kappa shape index (κ3) is 2.75. The minimum Gasteiger partial charge on any atom is -0.340 e. The molecule has 0 bridgehead atoms. The van der Waals surface area contributed by atoms with Crippen molar-refractivity contribution in [1.82, 2.24) is 19.2 Å². The average Bonchev–Trinajstić information content (AvgIpc) is 3.04. The molecule has 0 amide bonds. The zero-order chi connectivity index (χ0) is 18.1. The Bertz CT molecular complexity index is 1150. The summed E-state index contributed by atoms with van der Waals surface area (Å²) >= 11 is 0. The number of benzene rings is 2. The van der Waals surface area contributed by atoms with Crippen LogP contribution in [0.15, 0.2) is 71.5 Å². The Morgan fingerprint density at radius 1 is 1.00 bits per heavy atom. The van der Waals surface area contributed by atoms with Crippen molar-refractivity contribution in [2.45, 2.75) is 6.92 Å². The first-order valence-corrected chi connectivity index (χ1v) is 8.05. The van der Waals surface area contributed by atoms with Crippen LogP contribution in [-0.2, 0) is 0 Å². The fourth-order valence-corrected chi connectivity index (χ4v) is 2.70. The van der Waals surface area contributed by atoms with Crippen LogP contribution in [-0.4, -0.2) is 24.9 Å². The number of para-hydroxylation sites is 2. The number of rotatable bonds is 4. The lowest BCUT2D eigenvalue weighted by atomic mass is 10.3. The second-order valence-electron chi connectivity index (χ2n) is 5.73. The quantitative estimate of drug-likeness (QED) is 0.575. The Labute approximate surface area is 148 Å². The summed E-state index contributed by atoms with van der Waals surface area (Å²) in [6.45, 7) is 1.37. The summed E-state index contributed by atoms with van der Waals surface area (Å²) in [7, 11) is 0. The van der Waals surface area contributed by atoms with Gasteiger partial charge in [0.25, 0.3) is 5.56 Å². The maximum Gasteiger partial charge on any atom is 0.263 e. The second kappa shape index (κ2) is 6.29. The number of carbonyl (C=O) groups is 1. The molecule has 0 saturated heterocycles. The van der Waals surface area contributed by atoms with E-state index >= 15 is 0 Å². The lowest BCUT2D eigenvalue weighted by Crippen LogP contribution is -2.18. The number of nitrogens with one attached hydrogen (secondary N) is 1. The number of anilines is 2. The van der Waals surface area contributed by atoms with Gasteiger partial charge in [-0.1, -0.05) is 36.4 Å². The number of nitrogens with zero attached hydrogens (tertiary/aromatic N) is 4. The van der Waals surface area contributed by atoms with E-state index < -0.39 is 0 Å². The predicted octanol–water partition coefficient (Wildman–Crippen LogP) is 2.83. The van der Waals surface area contributed by atoms with Gasteiger partial charge < -0.3 is 5.32 Å². The van der Waals surface area contributed by atoms with E-state index in [0.717, 1.165) is 5.69 Å². The fraction of sp³-hybridized carbons (Fsp3) is 0.0526. The van der Waals surface area contributed by atoms with E-state index in [1.54, 1.807) is 0 Å². The number of ketones is 1. The summed E-state index contributed by atoms with van der Waals surface area (Å²) in [5.74, 6) is 0.394. The summed E-state index contributed by atoms with van der Waals surface area (Å²) in [6, 6.07) is 20.0. The highest BCUT2D eigenvalue weighted by atomic mass is 16.1. The Morgan fingerprint density at radius 2 is 1.65 bits per heavy atom. The topological polar surface area (TPSA) is 81.3 Å². The molecule has 0 aliphatic carbocycles. The summed E-state index contributed by atoms with van der Waals surface area (Å²) < 4.78 is 2.72. The Morgan fingerprint density at radius 3 is 2.31 bits per heavy atom. The number of hydrogen-bond acceptors (Lipinski definition) is 5. The predicted molar refractivity (Wildman–Crippen MR) is 98.3 cm³/mol. The van der Waals surface area contributed by atoms with Crippen molar-refractivity contribution >= 4 is 23.1 Å². The van der Waals surface area contributed by atoms with Crippen LogP contribution in [0.2, 0.25) is 0 Å². The van der Waals surface area contributed by atoms with E-state index in [9.17, 15) is 9.59 Å². The Balaban J connectivity index is 1.94. The van der Waals surface area contributed by atoms with Crippen LogP contribution < -0.4 is 10.9 Å². The molecule has 0 aliphatic rings. The minimum absolute atomic E-state index is 0.0487. The van der Waals surface area contributed by atoms with Crippen LogP contribution >= 0.6 is 0 Å². The van der Waals surface area contributed by atoms with Crippen molar-refractivity contribution in [3.63, 3.8) is 0 Å². The van der Waals surface area contributed by atoms with Gasteiger partial charge in [-0.25, -0.2) is 4.40 Å². The molecule has 0 spiro atoms. The first kappa shape index (κ1) is 15.8. The molecule has 0 atom stereocenters. The highest BCUT2D eigenvalue weighted by Gasteiger charge is 2.18. The van der Waals surface area contributed by atoms with E-state index in [-0.39, 0.29) is 22.9 Å². The summed E-state index contributed by atoms with van der Waals surface area (Å²) in [4.78, 5) is 29.1. The SMILES string of the molecule is CC(=O)c1nn(-c2ccccc2)c2nc(Nc3ccccc3)cc(=O)n12. The van der Waals surface area contributed by atoms with Crippen LogP contribution in [0.4, 0.5) is 11.5 Å². The molecule has 0 radical (unpaired) electrons. The van der Waals surface area contributed by atoms with E-state index in [0.29, 0.717) is 11.5 Å². The number of fused-ring (bicyclic) bond motifs is 1. The molecular formula is C19H15N5O2. The molecule has 4 aromatic rings. The van der Waals surface area contributed by atoms with Crippen LogP contribution in [0.3, 0.4) is 0 Å². The third-order valence-corrected chi connectivity index (χ3v) is 3.86. The standard InChI is InChI=1S/C19H15N5O2/c1-13(25)18-22-24(15-10-6-3-7-11-15)19-21-16(12-17(26)23(18)19)20-14-8-4-2-5-9-14/h2-12,20H,1H3. The van der Waals surface area contributed by atoms with Crippen molar-refractivity contribution in [1.29, 1.82) is 0 Å². The van der Waals surface area contributed by atoms with E-state index in [2.05, 4.69) is 15.4 Å². The Kier molecular flexibility index (Phi) is 3.81. The van der Waals surface area contributed by atoms with Gasteiger partial charge >= 0.3 is 0 Å². The zero-order valence-electron chi connectivity index (χ0n) is 14.0. The number of carbonyl (C=O) groups excluding carboxylic acids is 1. The summed E-state index contributed by atoms with van der Waals surface area (Å²) in [5, 5.41) is 7.41. The van der Waals surface area contributed by atoms with Gasteiger partial charge in [0.15, 0.2) is 5.78 Å². The van der Waals surface area contributed by atoms with Crippen molar-refractivity contribution in [2.75, 3.05) is 5.32 Å². The molecule has 2 aromatic heterocycles. The van der Waals surface area contributed by atoms with Gasteiger partial charge in [-0.05, 0) is 24.3 Å². The molecule has 0 unspecified atom stereocenters. The molecule has 7 nitrogen and oxygen atoms in total. The summed E-state index contributed by atoms with van der Waals surface area (Å²) in [5.41, 5.74) is 1.14. The molecule has 2 heterocycles. The monoisotopic (exact) mass is 345 g/mol. The van der Waals surface area contributed by atoms with Gasteiger partial charge in [0.05, 0.1) is 5.69 Å². The van der Waals surface area contributed by atoms with Crippen LogP contribution in [0, 0.1) is 0 Å². The highest BCUT2D eigenvalue weighted by molar-refractivity contribution is 5.91. The van der Waals surface area contributed by atoms with Crippen LogP contribution in [0.1, 0.15) is 17.5 Å². The summed E-state index contributed by atoms with van der Waals surface area (Å²) in [6.07, 6.45) is 0. The number of hydrogen-bond donors (Lipinski definition) is 1. The molecule has 0 aliphatic heterocycles. The molecule has 26 heavy (non-hydrogen) atoms. The second-order valence-corrected chi connectivity index (χ2v) is 5.73. The van der Waals surface area contributed by atoms with Crippen LogP contribution in [0.5, 0.6) is 0 Å². The van der Waals surface area contributed by atoms with Crippen LogP contribution in [0.25, 0.3) is 11.5 Å². The van der Waals surface area contributed by atoms with E-state index in [1.807, 2.05) is 60.7 Å². The first-order chi connectivity index (χ1) is 12.6. The molecule has 0 fully saturated rings. The molecular weight excluding hydrogens is 330 g/mol. The van der Waals surface area contributed by atoms with Gasteiger partial charge in [-0.3, -0.25) is 9.59 Å². The lowest BCUT2D eigenvalue weighted by Gasteiger charge is -2.06.